The molecule has 2 aromatic carbocycles. The van der Waals surface area contributed by atoms with Crippen LogP contribution in [-0.4, -0.2) is 26.7 Å². The lowest BCUT2D eigenvalue weighted by atomic mass is 10.0. The van der Waals surface area contributed by atoms with Crippen molar-refractivity contribution >= 4 is 33.9 Å². The molecule has 0 spiro atoms. The van der Waals surface area contributed by atoms with Gasteiger partial charge in [0.25, 0.3) is 0 Å². The number of anilines is 2. The van der Waals surface area contributed by atoms with Gasteiger partial charge in [0, 0.05) is 28.5 Å². The van der Waals surface area contributed by atoms with Crippen molar-refractivity contribution in [1.29, 1.82) is 5.26 Å². The standard InChI is InChI=1S/C32H28ClF5N8/c1-3-24(18-7-5-4-6-8-18)43-26-19(15-39)16-40-27-22(26)13-20(14-23(27)33)42-28(21-9-10-25(34)41-17(21)2)29-30(35)46(45-44-29)31(11-12-31)32(36,37)38/h4-10,13-14,16,24,28,42,44-45H,3,11-12H2,1-2H3,(H,40,43)/t24-,28+/m1/s1. The van der Waals surface area contributed by atoms with Crippen LogP contribution in [-0.2, 0) is 0 Å². The maximum Gasteiger partial charge on any atom is 0.413 e. The second-order valence-corrected chi connectivity index (χ2v) is 11.6. The van der Waals surface area contributed by atoms with Crippen LogP contribution in [0, 0.1) is 24.2 Å². The molecule has 238 valence electrons. The van der Waals surface area contributed by atoms with Gasteiger partial charge in [0.2, 0.25) is 11.9 Å². The Labute approximate surface area is 266 Å². The number of hydrogen-bond acceptors (Lipinski definition) is 8. The molecular formula is C32H28ClF5N8. The number of benzene rings is 2. The molecule has 1 aliphatic carbocycles. The van der Waals surface area contributed by atoms with E-state index in [1.54, 1.807) is 6.07 Å². The number of fused-ring (bicyclic) bond motifs is 1. The quantitative estimate of drug-likeness (QED) is 0.0822. The predicted octanol–water partition coefficient (Wildman–Crippen LogP) is 7.88. The lowest BCUT2D eigenvalue weighted by Gasteiger charge is -2.29. The average molecular weight is 655 g/mol. The number of nitrogens with zero attached hydrogens (tertiary/aromatic N) is 4. The number of aromatic nitrogens is 2. The fourth-order valence-electron chi connectivity index (χ4n) is 5.76. The van der Waals surface area contributed by atoms with E-state index in [9.17, 15) is 22.8 Å². The van der Waals surface area contributed by atoms with Gasteiger partial charge in [-0.25, -0.2) is 9.99 Å². The van der Waals surface area contributed by atoms with Crippen LogP contribution in [0.2, 0.25) is 5.02 Å². The van der Waals surface area contributed by atoms with Crippen molar-refractivity contribution in [2.75, 3.05) is 10.6 Å². The van der Waals surface area contributed by atoms with E-state index < -0.39 is 29.7 Å². The lowest BCUT2D eigenvalue weighted by Crippen LogP contribution is -2.53. The summed E-state index contributed by atoms with van der Waals surface area (Å²) >= 11 is 6.71. The van der Waals surface area contributed by atoms with Gasteiger partial charge in [0.05, 0.1) is 33.9 Å². The summed E-state index contributed by atoms with van der Waals surface area (Å²) in [5, 5.41) is 17.7. The largest absolute Gasteiger partial charge is 0.413 e. The molecule has 2 aromatic heterocycles. The zero-order chi connectivity index (χ0) is 32.8. The molecule has 4 aromatic rings. The second-order valence-electron chi connectivity index (χ2n) is 11.2. The summed E-state index contributed by atoms with van der Waals surface area (Å²) in [6.07, 6.45) is -3.15. The highest BCUT2D eigenvalue weighted by molar-refractivity contribution is 6.35. The van der Waals surface area contributed by atoms with Crippen LogP contribution >= 0.6 is 11.6 Å². The summed E-state index contributed by atoms with van der Waals surface area (Å²) in [6, 6.07) is 16.2. The van der Waals surface area contributed by atoms with E-state index in [4.69, 9.17) is 11.6 Å². The van der Waals surface area contributed by atoms with Gasteiger partial charge in [-0.15, -0.1) is 5.53 Å². The van der Waals surface area contributed by atoms with Gasteiger partial charge in [-0.3, -0.25) is 4.98 Å². The predicted molar refractivity (Wildman–Crippen MR) is 164 cm³/mol. The highest BCUT2D eigenvalue weighted by Crippen LogP contribution is 2.55. The summed E-state index contributed by atoms with van der Waals surface area (Å²) in [4.78, 5) is 8.25. The molecule has 0 radical (unpaired) electrons. The molecule has 0 bridgehead atoms. The van der Waals surface area contributed by atoms with E-state index in [0.29, 0.717) is 39.3 Å². The molecule has 3 heterocycles. The normalized spacial score (nSPS) is 17.0. The summed E-state index contributed by atoms with van der Waals surface area (Å²) < 4.78 is 71.8. The Bertz CT molecular complexity index is 1870. The first-order valence-corrected chi connectivity index (χ1v) is 14.9. The van der Waals surface area contributed by atoms with Crippen molar-refractivity contribution in [2.24, 2.45) is 0 Å². The van der Waals surface area contributed by atoms with Crippen molar-refractivity contribution in [2.45, 2.75) is 56.9 Å². The first kappa shape index (κ1) is 31.3. The number of alkyl halides is 3. The summed E-state index contributed by atoms with van der Waals surface area (Å²) in [6.45, 7) is 3.51. The van der Waals surface area contributed by atoms with Crippen LogP contribution in [0.4, 0.5) is 33.3 Å². The Morgan fingerprint density at radius 2 is 1.85 bits per heavy atom. The number of aryl methyl sites for hydroxylation is 1. The molecule has 46 heavy (non-hydrogen) atoms. The zero-order valence-corrected chi connectivity index (χ0v) is 25.4. The topological polar surface area (TPSA) is 101 Å². The number of hydrogen-bond donors (Lipinski definition) is 4. The third-order valence-corrected chi connectivity index (χ3v) is 8.67. The fraction of sp³-hybridized carbons (Fsp3) is 0.281. The van der Waals surface area contributed by atoms with E-state index in [0.717, 1.165) is 11.6 Å². The molecule has 0 amide bonds. The zero-order valence-electron chi connectivity index (χ0n) is 24.6. The molecular weight excluding hydrogens is 627 g/mol. The molecule has 6 rings (SSSR count). The first-order valence-electron chi connectivity index (χ1n) is 14.5. The third-order valence-electron chi connectivity index (χ3n) is 8.38. The lowest BCUT2D eigenvalue weighted by molar-refractivity contribution is -0.201. The smallest absolute Gasteiger partial charge is 0.377 e. The second kappa shape index (κ2) is 11.9. The monoisotopic (exact) mass is 654 g/mol. The summed E-state index contributed by atoms with van der Waals surface area (Å²) in [7, 11) is 0. The van der Waals surface area contributed by atoms with Gasteiger partial charge in [0.15, 0.2) is 5.54 Å². The fourth-order valence-corrected chi connectivity index (χ4v) is 6.03. The number of rotatable bonds is 9. The Morgan fingerprint density at radius 1 is 1.11 bits per heavy atom. The molecule has 2 atom stereocenters. The van der Waals surface area contributed by atoms with Crippen LogP contribution in [0.1, 0.15) is 60.7 Å². The Morgan fingerprint density at radius 3 is 2.48 bits per heavy atom. The van der Waals surface area contributed by atoms with Crippen molar-refractivity contribution in [1.82, 2.24) is 25.9 Å². The number of nitrogens with one attached hydrogen (secondary N) is 4. The van der Waals surface area contributed by atoms with Gasteiger partial charge in [0.1, 0.15) is 11.8 Å². The summed E-state index contributed by atoms with van der Waals surface area (Å²) in [5.41, 5.74) is 5.19. The van der Waals surface area contributed by atoms with E-state index in [1.807, 2.05) is 37.3 Å². The number of hydrazine groups is 2. The molecule has 2 aliphatic rings. The summed E-state index contributed by atoms with van der Waals surface area (Å²) in [5.74, 6) is -1.95. The van der Waals surface area contributed by atoms with Gasteiger partial charge >= 0.3 is 6.18 Å². The molecule has 1 aliphatic heterocycles. The molecule has 14 heteroatoms. The maximum atomic E-state index is 16.0. The van der Waals surface area contributed by atoms with Crippen LogP contribution in [0.15, 0.2) is 72.4 Å². The maximum absolute atomic E-state index is 16.0. The highest BCUT2D eigenvalue weighted by atomic mass is 35.5. The number of pyridine rings is 2. The Hall–Kier alpha value is -4.67. The molecule has 8 nitrogen and oxygen atoms in total. The van der Waals surface area contributed by atoms with Crippen molar-refractivity contribution in [3.05, 3.63) is 106 Å². The van der Waals surface area contributed by atoms with Gasteiger partial charge in [-0.05, 0) is 49.9 Å². The van der Waals surface area contributed by atoms with Crippen LogP contribution in [0.5, 0.6) is 0 Å². The number of nitriles is 1. The van der Waals surface area contributed by atoms with Gasteiger partial charge in [-0.1, -0.05) is 54.9 Å². The highest BCUT2D eigenvalue weighted by Gasteiger charge is 2.69. The SMILES string of the molecule is CC[C@@H](Nc1c(C#N)cnc2c(Cl)cc(N[C@H](C3=C(F)N(C4(C(F)(F)F)CC4)NN3)c3ccc(F)nc3C)cc12)c1ccccc1. The van der Waals surface area contributed by atoms with Gasteiger partial charge in [-0.2, -0.15) is 27.2 Å². The van der Waals surface area contributed by atoms with Crippen LogP contribution in [0.25, 0.3) is 10.9 Å². The van der Waals surface area contributed by atoms with Crippen molar-refractivity contribution in [3.8, 4) is 6.07 Å². The minimum Gasteiger partial charge on any atom is -0.377 e. The first-order chi connectivity index (χ1) is 22.0. The van der Waals surface area contributed by atoms with E-state index in [1.165, 1.54) is 25.3 Å². The minimum atomic E-state index is -4.69. The Balaban J connectivity index is 1.45. The molecule has 4 N–H and O–H groups in total. The minimum absolute atomic E-state index is 0.169. The van der Waals surface area contributed by atoms with E-state index in [-0.39, 0.29) is 40.9 Å². The third kappa shape index (κ3) is 5.52. The molecule has 1 saturated carbocycles. The van der Waals surface area contributed by atoms with Crippen molar-refractivity contribution in [3.63, 3.8) is 0 Å². The van der Waals surface area contributed by atoms with E-state index in [2.05, 4.69) is 37.6 Å². The van der Waals surface area contributed by atoms with Crippen LogP contribution in [0.3, 0.4) is 0 Å². The average Bonchev–Trinajstić information content (AvgIpc) is 3.76. The Kier molecular flexibility index (Phi) is 8.12. The molecule has 0 saturated heterocycles. The molecule has 0 unspecified atom stereocenters. The van der Waals surface area contributed by atoms with Gasteiger partial charge < -0.3 is 16.1 Å². The number of halogens is 6. The van der Waals surface area contributed by atoms with E-state index >= 15 is 4.39 Å². The molecule has 1 fully saturated rings. The van der Waals surface area contributed by atoms with Crippen molar-refractivity contribution < 1.29 is 22.0 Å². The van der Waals surface area contributed by atoms with Crippen LogP contribution < -0.4 is 21.6 Å².